The number of aryl methyl sites for hydroxylation is 1. The third-order valence-corrected chi connectivity index (χ3v) is 5.70. The normalized spacial score (nSPS) is 15.6. The molecule has 0 atom stereocenters. The van der Waals surface area contributed by atoms with Crippen LogP contribution in [-0.4, -0.2) is 43.7 Å². The van der Waals surface area contributed by atoms with E-state index < -0.39 is 5.82 Å². The number of carbonyl (C=O) groups excluding carboxylic acids is 2. The zero-order valence-corrected chi connectivity index (χ0v) is 17.4. The average Bonchev–Trinajstić information content (AvgIpc) is 3.25. The van der Waals surface area contributed by atoms with E-state index in [-0.39, 0.29) is 30.3 Å². The number of amides is 2. The number of fused-ring (bicyclic) bond motifs is 1. The van der Waals surface area contributed by atoms with Crippen molar-refractivity contribution in [1.82, 2.24) is 4.90 Å². The molecule has 164 valence electrons. The van der Waals surface area contributed by atoms with Gasteiger partial charge in [0.1, 0.15) is 0 Å². The first kappa shape index (κ1) is 21.0. The summed E-state index contributed by atoms with van der Waals surface area (Å²) in [4.78, 5) is 26.9. The SMILES string of the molecule is COc1ccc(CCC(=O)N2CCC(C(=O)Nc3ccc4c(c3)OCO4)CC2)cc1F. The summed E-state index contributed by atoms with van der Waals surface area (Å²) in [6, 6.07) is 10.0. The fourth-order valence-corrected chi connectivity index (χ4v) is 3.88. The maximum atomic E-state index is 13.8. The number of ether oxygens (including phenoxy) is 3. The van der Waals surface area contributed by atoms with Gasteiger partial charge < -0.3 is 24.4 Å². The zero-order chi connectivity index (χ0) is 21.8. The van der Waals surface area contributed by atoms with E-state index in [1.807, 2.05) is 0 Å². The van der Waals surface area contributed by atoms with Crippen molar-refractivity contribution < 1.29 is 28.2 Å². The second-order valence-corrected chi connectivity index (χ2v) is 7.68. The van der Waals surface area contributed by atoms with Crippen molar-refractivity contribution in [2.24, 2.45) is 5.92 Å². The molecule has 0 saturated carbocycles. The molecular formula is C23H25FN2O5. The van der Waals surface area contributed by atoms with E-state index in [4.69, 9.17) is 14.2 Å². The Kier molecular flexibility index (Phi) is 6.25. The Bertz CT molecular complexity index is 972. The van der Waals surface area contributed by atoms with Crippen molar-refractivity contribution in [3.63, 3.8) is 0 Å². The molecule has 0 aliphatic carbocycles. The molecule has 2 amide bonds. The van der Waals surface area contributed by atoms with Gasteiger partial charge in [-0.3, -0.25) is 9.59 Å². The monoisotopic (exact) mass is 428 g/mol. The van der Waals surface area contributed by atoms with Crippen molar-refractivity contribution in [3.05, 3.63) is 47.8 Å². The maximum Gasteiger partial charge on any atom is 0.231 e. The summed E-state index contributed by atoms with van der Waals surface area (Å²) in [5, 5.41) is 2.92. The molecule has 0 aromatic heterocycles. The number of methoxy groups -OCH3 is 1. The molecule has 2 aromatic rings. The van der Waals surface area contributed by atoms with Crippen LogP contribution in [0.4, 0.5) is 10.1 Å². The molecular weight excluding hydrogens is 403 g/mol. The van der Waals surface area contributed by atoms with Crippen LogP contribution in [0.1, 0.15) is 24.8 Å². The molecule has 8 heteroatoms. The van der Waals surface area contributed by atoms with Crippen LogP contribution in [0.15, 0.2) is 36.4 Å². The number of anilines is 1. The maximum absolute atomic E-state index is 13.8. The molecule has 2 heterocycles. The van der Waals surface area contributed by atoms with Crippen molar-refractivity contribution in [1.29, 1.82) is 0 Å². The molecule has 2 aromatic carbocycles. The first-order valence-corrected chi connectivity index (χ1v) is 10.3. The second-order valence-electron chi connectivity index (χ2n) is 7.68. The van der Waals surface area contributed by atoms with Gasteiger partial charge in [0.25, 0.3) is 0 Å². The van der Waals surface area contributed by atoms with Gasteiger partial charge in [0.15, 0.2) is 23.1 Å². The molecule has 1 saturated heterocycles. The van der Waals surface area contributed by atoms with Crippen LogP contribution in [0.2, 0.25) is 0 Å². The lowest BCUT2D eigenvalue weighted by Crippen LogP contribution is -2.41. The molecule has 31 heavy (non-hydrogen) atoms. The Morgan fingerprint density at radius 3 is 2.65 bits per heavy atom. The van der Waals surface area contributed by atoms with Gasteiger partial charge in [-0.05, 0) is 49.1 Å². The molecule has 0 bridgehead atoms. The van der Waals surface area contributed by atoms with Crippen LogP contribution in [0.3, 0.4) is 0 Å². The lowest BCUT2D eigenvalue weighted by atomic mass is 9.95. The summed E-state index contributed by atoms with van der Waals surface area (Å²) in [7, 11) is 1.42. The largest absolute Gasteiger partial charge is 0.494 e. The summed E-state index contributed by atoms with van der Waals surface area (Å²) >= 11 is 0. The van der Waals surface area contributed by atoms with Crippen LogP contribution in [0, 0.1) is 11.7 Å². The number of benzene rings is 2. The zero-order valence-electron chi connectivity index (χ0n) is 17.4. The highest BCUT2D eigenvalue weighted by molar-refractivity contribution is 5.93. The van der Waals surface area contributed by atoms with Gasteiger partial charge >= 0.3 is 0 Å². The van der Waals surface area contributed by atoms with E-state index in [2.05, 4.69) is 5.32 Å². The Labute approximate surface area is 180 Å². The standard InChI is InChI=1S/C23H25FN2O5/c1-29-19-5-2-15(12-18(19)24)3-7-22(27)26-10-8-16(9-11-26)23(28)25-17-4-6-20-21(13-17)31-14-30-20/h2,4-6,12-13,16H,3,7-11,14H2,1H3,(H,25,28). The third kappa shape index (κ3) is 4.90. The van der Waals surface area contributed by atoms with Crippen LogP contribution < -0.4 is 19.5 Å². The Morgan fingerprint density at radius 2 is 1.90 bits per heavy atom. The molecule has 2 aliphatic rings. The number of halogens is 1. The predicted molar refractivity (Wildman–Crippen MR) is 112 cm³/mol. The molecule has 7 nitrogen and oxygen atoms in total. The number of likely N-dealkylation sites (tertiary alicyclic amines) is 1. The number of rotatable bonds is 6. The van der Waals surface area contributed by atoms with Gasteiger partial charge in [-0.2, -0.15) is 0 Å². The van der Waals surface area contributed by atoms with Crippen molar-refractivity contribution in [2.45, 2.75) is 25.7 Å². The summed E-state index contributed by atoms with van der Waals surface area (Å²) in [5.41, 5.74) is 1.42. The van der Waals surface area contributed by atoms with E-state index >= 15 is 0 Å². The van der Waals surface area contributed by atoms with Crippen LogP contribution in [-0.2, 0) is 16.0 Å². The lowest BCUT2D eigenvalue weighted by molar-refractivity contribution is -0.134. The predicted octanol–water partition coefficient (Wildman–Crippen LogP) is 3.37. The summed E-state index contributed by atoms with van der Waals surface area (Å²) in [6.07, 6.45) is 1.99. The van der Waals surface area contributed by atoms with E-state index in [1.54, 1.807) is 35.2 Å². The average molecular weight is 428 g/mol. The van der Waals surface area contributed by atoms with Gasteiger partial charge in [-0.15, -0.1) is 0 Å². The van der Waals surface area contributed by atoms with Gasteiger partial charge in [-0.25, -0.2) is 4.39 Å². The fourth-order valence-electron chi connectivity index (χ4n) is 3.88. The quantitative estimate of drug-likeness (QED) is 0.764. The number of piperidine rings is 1. The minimum absolute atomic E-state index is 0.0193. The number of carbonyl (C=O) groups is 2. The van der Waals surface area contributed by atoms with E-state index in [0.29, 0.717) is 56.0 Å². The highest BCUT2D eigenvalue weighted by atomic mass is 19.1. The van der Waals surface area contributed by atoms with Gasteiger partial charge in [-0.1, -0.05) is 6.07 Å². The highest BCUT2D eigenvalue weighted by Gasteiger charge is 2.27. The topological polar surface area (TPSA) is 77.1 Å². The lowest BCUT2D eigenvalue weighted by Gasteiger charge is -2.31. The van der Waals surface area contributed by atoms with Gasteiger partial charge in [0.05, 0.1) is 7.11 Å². The molecule has 2 aliphatic heterocycles. The minimum atomic E-state index is -0.429. The van der Waals surface area contributed by atoms with Crippen molar-refractivity contribution >= 4 is 17.5 Å². The number of hydrogen-bond donors (Lipinski definition) is 1. The van der Waals surface area contributed by atoms with Gasteiger partial charge in [0, 0.05) is 37.2 Å². The molecule has 0 unspecified atom stereocenters. The van der Waals surface area contributed by atoms with E-state index in [1.165, 1.54) is 13.2 Å². The number of nitrogens with one attached hydrogen (secondary N) is 1. The third-order valence-electron chi connectivity index (χ3n) is 5.70. The summed E-state index contributed by atoms with van der Waals surface area (Å²) in [6.45, 7) is 1.26. The first-order valence-electron chi connectivity index (χ1n) is 10.3. The summed E-state index contributed by atoms with van der Waals surface area (Å²) < 4.78 is 29.3. The summed E-state index contributed by atoms with van der Waals surface area (Å²) in [5.74, 6) is 0.866. The molecule has 0 spiro atoms. The van der Waals surface area contributed by atoms with E-state index in [0.717, 1.165) is 5.56 Å². The highest BCUT2D eigenvalue weighted by Crippen LogP contribution is 2.34. The fraction of sp³-hybridized carbons (Fsp3) is 0.391. The second kappa shape index (κ2) is 9.24. The first-order chi connectivity index (χ1) is 15.0. The molecule has 0 radical (unpaired) electrons. The Balaban J connectivity index is 1.23. The Hall–Kier alpha value is -3.29. The van der Waals surface area contributed by atoms with E-state index in [9.17, 15) is 14.0 Å². The smallest absolute Gasteiger partial charge is 0.231 e. The van der Waals surface area contributed by atoms with Gasteiger partial charge in [0.2, 0.25) is 18.6 Å². The number of nitrogens with zero attached hydrogens (tertiary/aromatic N) is 1. The van der Waals surface area contributed by atoms with Crippen LogP contribution >= 0.6 is 0 Å². The Morgan fingerprint density at radius 1 is 1.13 bits per heavy atom. The van der Waals surface area contributed by atoms with Crippen LogP contribution in [0.25, 0.3) is 0 Å². The minimum Gasteiger partial charge on any atom is -0.494 e. The molecule has 1 N–H and O–H groups in total. The molecule has 4 rings (SSSR count). The van der Waals surface area contributed by atoms with Crippen molar-refractivity contribution in [3.8, 4) is 17.2 Å². The van der Waals surface area contributed by atoms with Crippen molar-refractivity contribution in [2.75, 3.05) is 32.3 Å². The molecule has 1 fully saturated rings. The number of hydrogen-bond acceptors (Lipinski definition) is 5. The van der Waals surface area contributed by atoms with Crippen LogP contribution in [0.5, 0.6) is 17.2 Å².